The summed E-state index contributed by atoms with van der Waals surface area (Å²) in [5.41, 5.74) is 0. The highest BCUT2D eigenvalue weighted by molar-refractivity contribution is 4.79. The molecule has 0 radical (unpaired) electrons. The van der Waals surface area contributed by atoms with Crippen LogP contribution in [0.2, 0.25) is 0 Å². The van der Waals surface area contributed by atoms with E-state index in [1.807, 2.05) is 0 Å². The molecule has 0 bridgehead atoms. The Morgan fingerprint density at radius 3 is 2.71 bits per heavy atom. The highest BCUT2D eigenvalue weighted by Crippen LogP contribution is 2.25. The van der Waals surface area contributed by atoms with Crippen LogP contribution in [0.5, 0.6) is 0 Å². The second-order valence-corrected chi connectivity index (χ2v) is 4.62. The molecular weight excluding hydrogens is 178 g/mol. The van der Waals surface area contributed by atoms with E-state index in [-0.39, 0.29) is 0 Å². The molecule has 1 heterocycles. The summed E-state index contributed by atoms with van der Waals surface area (Å²) < 4.78 is 11.4. The topological polar surface area (TPSA) is 21.7 Å². The zero-order chi connectivity index (χ0) is 9.97. The average Bonchev–Trinajstić information content (AvgIpc) is 2.92. The molecule has 0 spiro atoms. The molecular formula is C11H21NO2. The highest BCUT2D eigenvalue weighted by Gasteiger charge is 2.29. The summed E-state index contributed by atoms with van der Waals surface area (Å²) in [5.74, 6) is 0. The van der Waals surface area contributed by atoms with Gasteiger partial charge in [-0.3, -0.25) is 4.90 Å². The maximum Gasteiger partial charge on any atom is 0.0938 e. The maximum atomic E-state index is 5.90. The molecule has 1 aliphatic heterocycles. The number of hydrogen-bond acceptors (Lipinski definition) is 3. The lowest BCUT2D eigenvalue weighted by molar-refractivity contribution is -0.0169. The summed E-state index contributed by atoms with van der Waals surface area (Å²) in [6, 6.07) is 0.599. The molecule has 2 aliphatic rings. The van der Waals surface area contributed by atoms with Gasteiger partial charge in [0.2, 0.25) is 0 Å². The SMILES string of the molecule is CC(C)N1CCOCC(OC2CC2)C1. The smallest absolute Gasteiger partial charge is 0.0938 e. The van der Waals surface area contributed by atoms with Crippen LogP contribution in [0.1, 0.15) is 26.7 Å². The highest BCUT2D eigenvalue weighted by atomic mass is 16.5. The minimum Gasteiger partial charge on any atom is -0.377 e. The Morgan fingerprint density at radius 1 is 1.29 bits per heavy atom. The van der Waals surface area contributed by atoms with Crippen LogP contribution in [-0.2, 0) is 9.47 Å². The second kappa shape index (κ2) is 4.60. The molecule has 1 unspecified atom stereocenters. The normalized spacial score (nSPS) is 30.6. The van der Waals surface area contributed by atoms with Crippen molar-refractivity contribution < 1.29 is 9.47 Å². The molecule has 2 fully saturated rings. The van der Waals surface area contributed by atoms with Gasteiger partial charge in [-0.05, 0) is 26.7 Å². The van der Waals surface area contributed by atoms with Gasteiger partial charge in [0, 0.05) is 19.1 Å². The van der Waals surface area contributed by atoms with Crippen LogP contribution >= 0.6 is 0 Å². The fourth-order valence-electron chi connectivity index (χ4n) is 1.83. The number of ether oxygens (including phenoxy) is 2. The van der Waals surface area contributed by atoms with Gasteiger partial charge in [0.25, 0.3) is 0 Å². The van der Waals surface area contributed by atoms with Gasteiger partial charge < -0.3 is 9.47 Å². The largest absolute Gasteiger partial charge is 0.377 e. The van der Waals surface area contributed by atoms with Gasteiger partial charge in [0.1, 0.15) is 0 Å². The maximum absolute atomic E-state index is 5.90. The van der Waals surface area contributed by atoms with Crippen molar-refractivity contribution in [3.8, 4) is 0 Å². The monoisotopic (exact) mass is 199 g/mol. The van der Waals surface area contributed by atoms with Crippen LogP contribution < -0.4 is 0 Å². The fourth-order valence-corrected chi connectivity index (χ4v) is 1.83. The van der Waals surface area contributed by atoms with Gasteiger partial charge in [-0.1, -0.05) is 0 Å². The Balaban J connectivity index is 1.82. The van der Waals surface area contributed by atoms with Crippen molar-refractivity contribution in [1.82, 2.24) is 4.90 Å². The molecule has 1 saturated carbocycles. The van der Waals surface area contributed by atoms with Crippen molar-refractivity contribution in [2.45, 2.75) is 44.9 Å². The van der Waals surface area contributed by atoms with E-state index in [0.29, 0.717) is 18.2 Å². The summed E-state index contributed by atoms with van der Waals surface area (Å²) in [7, 11) is 0. The van der Waals surface area contributed by atoms with Crippen molar-refractivity contribution in [1.29, 1.82) is 0 Å². The Morgan fingerprint density at radius 2 is 2.07 bits per heavy atom. The van der Waals surface area contributed by atoms with E-state index in [1.54, 1.807) is 0 Å². The van der Waals surface area contributed by atoms with Crippen LogP contribution in [0.4, 0.5) is 0 Å². The molecule has 0 aromatic heterocycles. The quantitative estimate of drug-likeness (QED) is 0.683. The third kappa shape index (κ3) is 2.94. The van der Waals surface area contributed by atoms with E-state index < -0.39 is 0 Å². The van der Waals surface area contributed by atoms with Gasteiger partial charge in [-0.15, -0.1) is 0 Å². The third-order valence-corrected chi connectivity index (χ3v) is 2.90. The predicted octanol–water partition coefficient (Wildman–Crippen LogP) is 1.27. The van der Waals surface area contributed by atoms with Crippen molar-refractivity contribution in [3.63, 3.8) is 0 Å². The standard InChI is InChI=1S/C11H21NO2/c1-9(2)12-5-6-13-8-11(7-12)14-10-3-4-10/h9-11H,3-8H2,1-2H3. The lowest BCUT2D eigenvalue weighted by Gasteiger charge is -2.26. The molecule has 1 atom stereocenters. The molecule has 3 heteroatoms. The molecule has 3 nitrogen and oxygen atoms in total. The molecule has 0 aromatic rings. The van der Waals surface area contributed by atoms with Gasteiger partial charge in [-0.2, -0.15) is 0 Å². The summed E-state index contributed by atoms with van der Waals surface area (Å²) in [6.07, 6.45) is 3.33. The number of hydrogen-bond donors (Lipinski definition) is 0. The van der Waals surface area contributed by atoms with E-state index in [1.165, 1.54) is 12.8 Å². The minimum absolute atomic E-state index is 0.299. The van der Waals surface area contributed by atoms with Crippen molar-refractivity contribution >= 4 is 0 Å². The molecule has 82 valence electrons. The summed E-state index contributed by atoms with van der Waals surface area (Å²) in [5, 5.41) is 0. The second-order valence-electron chi connectivity index (χ2n) is 4.62. The van der Waals surface area contributed by atoms with E-state index in [4.69, 9.17) is 9.47 Å². The molecule has 0 N–H and O–H groups in total. The van der Waals surface area contributed by atoms with Crippen molar-refractivity contribution in [2.24, 2.45) is 0 Å². The molecule has 1 aliphatic carbocycles. The Bertz CT molecular complexity index is 180. The van der Waals surface area contributed by atoms with Crippen LogP contribution in [0.15, 0.2) is 0 Å². The average molecular weight is 199 g/mol. The van der Waals surface area contributed by atoms with Gasteiger partial charge in [-0.25, -0.2) is 0 Å². The van der Waals surface area contributed by atoms with Gasteiger partial charge in [0.15, 0.2) is 0 Å². The van der Waals surface area contributed by atoms with E-state index in [0.717, 1.165) is 26.3 Å². The first-order valence-electron chi connectivity index (χ1n) is 5.73. The van der Waals surface area contributed by atoms with E-state index in [2.05, 4.69) is 18.7 Å². The predicted molar refractivity (Wildman–Crippen MR) is 55.4 cm³/mol. The number of nitrogens with zero attached hydrogens (tertiary/aromatic N) is 1. The zero-order valence-electron chi connectivity index (χ0n) is 9.24. The van der Waals surface area contributed by atoms with E-state index >= 15 is 0 Å². The van der Waals surface area contributed by atoms with E-state index in [9.17, 15) is 0 Å². The zero-order valence-corrected chi connectivity index (χ0v) is 9.24. The number of rotatable bonds is 3. The Hall–Kier alpha value is -0.120. The minimum atomic E-state index is 0.299. The molecule has 0 aromatic carbocycles. The first-order chi connectivity index (χ1) is 6.75. The molecule has 0 amide bonds. The summed E-state index contributed by atoms with van der Waals surface area (Å²) >= 11 is 0. The molecule has 1 saturated heterocycles. The lowest BCUT2D eigenvalue weighted by Crippen LogP contribution is -2.39. The lowest BCUT2D eigenvalue weighted by atomic mass is 10.2. The van der Waals surface area contributed by atoms with Crippen LogP contribution in [-0.4, -0.2) is 49.5 Å². The van der Waals surface area contributed by atoms with Crippen LogP contribution in [0, 0.1) is 0 Å². The summed E-state index contributed by atoms with van der Waals surface area (Å²) in [4.78, 5) is 2.44. The third-order valence-electron chi connectivity index (χ3n) is 2.90. The Kier molecular flexibility index (Phi) is 3.42. The van der Waals surface area contributed by atoms with Gasteiger partial charge in [0.05, 0.1) is 25.4 Å². The van der Waals surface area contributed by atoms with Crippen LogP contribution in [0.25, 0.3) is 0 Å². The van der Waals surface area contributed by atoms with Crippen LogP contribution in [0.3, 0.4) is 0 Å². The fraction of sp³-hybridized carbons (Fsp3) is 1.00. The van der Waals surface area contributed by atoms with Crippen molar-refractivity contribution in [2.75, 3.05) is 26.3 Å². The first kappa shape index (κ1) is 10.4. The summed E-state index contributed by atoms with van der Waals surface area (Å²) in [6.45, 7) is 8.18. The first-order valence-corrected chi connectivity index (χ1v) is 5.73. The van der Waals surface area contributed by atoms with Gasteiger partial charge >= 0.3 is 0 Å². The Labute approximate surface area is 86.4 Å². The van der Waals surface area contributed by atoms with Crippen molar-refractivity contribution in [3.05, 3.63) is 0 Å². The molecule has 14 heavy (non-hydrogen) atoms. The molecule has 2 rings (SSSR count).